The first-order chi connectivity index (χ1) is 52.9. The second kappa shape index (κ2) is 38.1. The summed E-state index contributed by atoms with van der Waals surface area (Å²) in [7, 11) is -3.26. The van der Waals surface area contributed by atoms with Gasteiger partial charge in [0.05, 0.1) is 47.6 Å². The summed E-state index contributed by atoms with van der Waals surface area (Å²) in [6.45, 7) is 8.93. The van der Waals surface area contributed by atoms with Crippen molar-refractivity contribution in [3.8, 4) is 0 Å². The Bertz CT molecular complexity index is 3870. The highest BCUT2D eigenvalue weighted by atomic mass is 28.4. The lowest BCUT2D eigenvalue weighted by atomic mass is 9.94. The van der Waals surface area contributed by atoms with E-state index in [2.05, 4.69) is 5.32 Å². The third-order valence-electron chi connectivity index (χ3n) is 20.5. The molecule has 5 aliphatic heterocycles. The van der Waals surface area contributed by atoms with Gasteiger partial charge in [0, 0.05) is 13.8 Å². The molecule has 5 aromatic carbocycles. The van der Waals surface area contributed by atoms with Crippen LogP contribution in [-0.4, -0.2) is 283 Å². The highest BCUT2D eigenvalue weighted by Crippen LogP contribution is 2.47. The van der Waals surface area contributed by atoms with Crippen molar-refractivity contribution < 1.29 is 155 Å². The monoisotopic (exact) mass is 1570 g/mol. The minimum Gasteiger partial charge on any atom is -0.459 e. The molecule has 604 valence electrons. The number of amides is 1. The normalized spacial score (nSPS) is 32.4. The Morgan fingerprint density at radius 1 is 0.387 bits per heavy atom. The number of rotatable bonds is 29. The van der Waals surface area contributed by atoms with Crippen LogP contribution in [0.5, 0.6) is 0 Å². The van der Waals surface area contributed by atoms with Gasteiger partial charge in [-0.15, -0.1) is 0 Å². The summed E-state index contributed by atoms with van der Waals surface area (Å²) in [5.41, 5.74) is -0.106. The fourth-order valence-electron chi connectivity index (χ4n) is 13.2. The number of nitrogens with one attached hydrogen (secondary N) is 1. The van der Waals surface area contributed by atoms with Crippen LogP contribution in [0.25, 0.3) is 0 Å². The van der Waals surface area contributed by atoms with Gasteiger partial charge in [0.2, 0.25) is 5.91 Å². The molecule has 33 nitrogen and oxygen atoms in total. The number of carbonyl (C=O) groups excluding carboxylic acids is 7. The third-order valence-corrected chi connectivity index (χ3v) is 25.0. The molecule has 111 heavy (non-hydrogen) atoms. The predicted octanol–water partition coefficient (Wildman–Crippen LogP) is 1.78. The Balaban J connectivity index is 1.12. The Kier molecular flexibility index (Phi) is 29.3. The minimum absolute atomic E-state index is 0.00470. The SMILES string of the molecule is CC(=O)N[C@H]1[C@H](O[C@H]2[C@@H](OC(C)=O)[C@@H](COC(=O)c3ccccc3)O[C@@H](O[C@H]3[C@H](OC(=O)c4ccccc4)[C@@H](OC(=O)c4ccccc4)[C@H](O[Si](C)(C)C(C)(C)C(C)C)O[C@@H]3COC(=O)c3ccccc3)[C@@H]2OC(=O)c2ccccc2)O[C@H](CO)[C@@H](O[C@@H]2O[C@H](CO)[C@H](O)[C@H](O[C@H]3O[C@H](CO)[C@H](O)[C@H](O)[C@H]3O)[C@H]2O)[C@@H]1O. The summed E-state index contributed by atoms with van der Waals surface area (Å²) in [6, 6.07) is 36.0. The van der Waals surface area contributed by atoms with Gasteiger partial charge in [-0.2, -0.15) is 0 Å². The van der Waals surface area contributed by atoms with Gasteiger partial charge in [-0.1, -0.05) is 119 Å². The molecule has 0 unspecified atom stereocenters. The van der Waals surface area contributed by atoms with Crippen LogP contribution in [-0.2, 0) is 85.1 Å². The first kappa shape index (κ1) is 85.3. The minimum atomic E-state index is -3.26. The number of esters is 6. The van der Waals surface area contributed by atoms with E-state index in [1.54, 1.807) is 78.9 Å². The van der Waals surface area contributed by atoms with Crippen molar-refractivity contribution in [3.05, 3.63) is 179 Å². The van der Waals surface area contributed by atoms with Crippen molar-refractivity contribution >= 4 is 50.0 Å². The van der Waals surface area contributed by atoms with E-state index in [9.17, 15) is 69.9 Å². The maximum absolute atomic E-state index is 15.1. The molecule has 0 radical (unpaired) electrons. The maximum atomic E-state index is 15.1. The zero-order chi connectivity index (χ0) is 80.2. The van der Waals surface area contributed by atoms with Crippen LogP contribution in [0.3, 0.4) is 0 Å². The van der Waals surface area contributed by atoms with Gasteiger partial charge >= 0.3 is 35.8 Å². The molecule has 25 atom stereocenters. The van der Waals surface area contributed by atoms with E-state index >= 15 is 9.59 Å². The van der Waals surface area contributed by atoms with Crippen molar-refractivity contribution in [2.75, 3.05) is 33.0 Å². The zero-order valence-corrected chi connectivity index (χ0v) is 62.9. The fourth-order valence-corrected chi connectivity index (χ4v) is 15.7. The molecule has 0 aliphatic carbocycles. The largest absolute Gasteiger partial charge is 0.459 e. The lowest BCUT2D eigenvalue weighted by Crippen LogP contribution is -2.71. The van der Waals surface area contributed by atoms with Crippen molar-refractivity contribution in [2.45, 2.75) is 213 Å². The zero-order valence-electron chi connectivity index (χ0n) is 61.9. The van der Waals surface area contributed by atoms with Crippen LogP contribution in [0, 0.1) is 5.92 Å². The average Bonchev–Trinajstić information content (AvgIpc) is 0.756. The van der Waals surface area contributed by atoms with Crippen molar-refractivity contribution in [1.82, 2.24) is 5.32 Å². The molecular formula is C77H95NO32Si. The fraction of sp³-hybridized carbons (Fsp3) is 0.519. The van der Waals surface area contributed by atoms with E-state index < -0.39 is 242 Å². The maximum Gasteiger partial charge on any atom is 0.338 e. The summed E-state index contributed by atoms with van der Waals surface area (Å²) < 4.78 is 102. The summed E-state index contributed by atoms with van der Waals surface area (Å²) >= 11 is 0. The molecule has 0 saturated carbocycles. The van der Waals surface area contributed by atoms with Crippen molar-refractivity contribution in [1.29, 1.82) is 0 Å². The smallest absolute Gasteiger partial charge is 0.338 e. The molecule has 10 rings (SSSR count). The second-order valence-electron chi connectivity index (χ2n) is 28.6. The summed E-state index contributed by atoms with van der Waals surface area (Å²) in [4.78, 5) is 101. The molecular weight excluding hydrogens is 1480 g/mol. The molecule has 1 amide bonds. The quantitative estimate of drug-likeness (QED) is 0.0185. The lowest BCUT2D eigenvalue weighted by molar-refractivity contribution is -0.385. The first-order valence-electron chi connectivity index (χ1n) is 36.1. The molecule has 5 saturated heterocycles. The van der Waals surface area contributed by atoms with Crippen LogP contribution in [0.1, 0.15) is 93.3 Å². The average molecular weight is 1570 g/mol. The first-order valence-corrected chi connectivity index (χ1v) is 39.0. The summed E-state index contributed by atoms with van der Waals surface area (Å²) in [5.74, 6) is -7.16. The van der Waals surface area contributed by atoms with E-state index in [4.69, 9.17) is 75.5 Å². The third kappa shape index (κ3) is 20.3. The highest BCUT2D eigenvalue weighted by Gasteiger charge is 2.62. The Hall–Kier alpha value is -8.15. The number of benzene rings is 5. The summed E-state index contributed by atoms with van der Waals surface area (Å²) in [5, 5.41) is 102. The molecule has 0 bridgehead atoms. The molecule has 10 N–H and O–H groups in total. The predicted molar refractivity (Wildman–Crippen MR) is 381 cm³/mol. The van der Waals surface area contributed by atoms with Gasteiger partial charge in [-0.25, -0.2) is 24.0 Å². The number of hydrogen-bond donors (Lipinski definition) is 10. The Labute approximate surface area is 639 Å². The van der Waals surface area contributed by atoms with E-state index in [-0.39, 0.29) is 33.7 Å². The van der Waals surface area contributed by atoms with E-state index in [0.717, 1.165) is 13.8 Å². The standard InChI is InChI=1S/C77H95NO32Si/c1-39(2)77(5,6)111(7,8)110-76-66(105-71(94)46-32-22-13-23-33-46)63(103-69(92)44-28-18-11-19-29-44)61(51(102-76)38-96-68(91)43-26-16-10-17-27-43)107-75-65(104-70(93)45-30-20-12-21-31-45)64(60(97-41(4)83)50(101-75)37-95-67(90)42-24-14-9-15-25-42)109-72-52(78-40(3)82)55(86)59(49(36-81)100-72)106-74-58(89)62(54(85)48(35-80)99-74)108-73-57(88)56(87)53(84)47(34-79)98-73/h9-33,39,47-66,72-76,79-81,84-89H,34-38H2,1-8H3,(H,78,82)/t47-,48-,49-,50-,51-,52-,53+,54+,55-,56+,57-,58-,59-,60+,61-,62+,63+,64+,65-,66-,72+,73-,74+,75+,76+/m1/s1. The van der Waals surface area contributed by atoms with Crippen molar-refractivity contribution in [3.63, 3.8) is 0 Å². The number of aliphatic hydroxyl groups is 9. The van der Waals surface area contributed by atoms with Gasteiger partial charge in [-0.05, 0) is 84.7 Å². The lowest BCUT2D eigenvalue weighted by Gasteiger charge is -2.52. The topological polar surface area (TPSA) is 461 Å². The molecule has 5 aromatic rings. The van der Waals surface area contributed by atoms with Gasteiger partial charge in [-0.3, -0.25) is 9.59 Å². The molecule has 5 fully saturated rings. The van der Waals surface area contributed by atoms with Crippen LogP contribution < -0.4 is 5.32 Å². The van der Waals surface area contributed by atoms with E-state index in [1.807, 2.05) is 40.8 Å². The number of hydrogen-bond acceptors (Lipinski definition) is 32. The van der Waals surface area contributed by atoms with Crippen molar-refractivity contribution in [2.24, 2.45) is 5.92 Å². The van der Waals surface area contributed by atoms with Gasteiger partial charge in [0.1, 0.15) is 111 Å². The van der Waals surface area contributed by atoms with Gasteiger partial charge < -0.3 is 127 Å². The Morgan fingerprint density at radius 3 is 1.20 bits per heavy atom. The molecule has 5 aliphatic rings. The summed E-state index contributed by atoms with van der Waals surface area (Å²) in [6.07, 6.45) is -47.8. The molecule has 0 aromatic heterocycles. The van der Waals surface area contributed by atoms with Gasteiger partial charge in [0.15, 0.2) is 64.2 Å². The van der Waals surface area contributed by atoms with Crippen LogP contribution >= 0.6 is 0 Å². The Morgan fingerprint density at radius 2 is 0.757 bits per heavy atom. The molecule has 0 spiro atoms. The number of aliphatic hydroxyl groups excluding tert-OH is 9. The molecule has 34 heteroatoms. The van der Waals surface area contributed by atoms with Crippen LogP contribution in [0.2, 0.25) is 18.1 Å². The van der Waals surface area contributed by atoms with Crippen LogP contribution in [0.4, 0.5) is 0 Å². The van der Waals surface area contributed by atoms with E-state index in [1.165, 1.54) is 72.8 Å². The van der Waals surface area contributed by atoms with E-state index in [0.29, 0.717) is 0 Å². The number of carbonyl (C=O) groups is 7. The second-order valence-corrected chi connectivity index (χ2v) is 33.1. The molecule has 5 heterocycles. The number of ether oxygens (including phenoxy) is 15. The van der Waals surface area contributed by atoms with Gasteiger partial charge in [0.25, 0.3) is 0 Å². The van der Waals surface area contributed by atoms with Crippen LogP contribution in [0.15, 0.2) is 152 Å². The highest BCUT2D eigenvalue weighted by molar-refractivity contribution is 6.74.